The van der Waals surface area contributed by atoms with Crippen molar-refractivity contribution in [1.29, 1.82) is 0 Å². The van der Waals surface area contributed by atoms with Crippen LogP contribution in [0.2, 0.25) is 0 Å². The van der Waals surface area contributed by atoms with E-state index in [2.05, 4.69) is 32.0 Å². The Kier molecular flexibility index (Phi) is 8.61. The molecule has 1 radical (unpaired) electrons. The monoisotopic (exact) mass is 339 g/mol. The summed E-state index contributed by atoms with van der Waals surface area (Å²) in [5, 5.41) is 6.98. The number of pyridine rings is 1. The number of nitrogens with zero attached hydrogens (tertiary/aromatic N) is 3. The Balaban J connectivity index is 0.000000352. The van der Waals surface area contributed by atoms with E-state index >= 15 is 0 Å². The summed E-state index contributed by atoms with van der Waals surface area (Å²) in [6.45, 7) is 0. The molecule has 0 aliphatic carbocycles. The maximum absolute atomic E-state index is 10.6. The molecule has 0 saturated heterocycles. The molecule has 8 heteroatoms. The van der Waals surface area contributed by atoms with E-state index in [1.165, 1.54) is 12.4 Å². The maximum Gasteiger partial charge on any atom is 0.229 e. The molecule has 0 unspecified atom stereocenters. The number of aromatic nitrogens is 3. The third-order valence-corrected chi connectivity index (χ3v) is 1.89. The van der Waals surface area contributed by atoms with Crippen molar-refractivity contribution < 1.29 is 41.1 Å². The maximum atomic E-state index is 10.6. The van der Waals surface area contributed by atoms with Crippen molar-refractivity contribution in [3.05, 3.63) is 48.9 Å². The first-order valence-corrected chi connectivity index (χ1v) is 6.40. The van der Waals surface area contributed by atoms with E-state index in [-0.39, 0.29) is 38.5 Å². The van der Waals surface area contributed by atoms with Gasteiger partial charge < -0.3 is 0 Å². The fourth-order valence-corrected chi connectivity index (χ4v) is 1.24. The van der Waals surface area contributed by atoms with Gasteiger partial charge in [-0.1, -0.05) is 6.20 Å². The molecule has 0 aliphatic heterocycles. The van der Waals surface area contributed by atoms with Crippen LogP contribution in [0.15, 0.2) is 36.8 Å². The van der Waals surface area contributed by atoms with Crippen molar-refractivity contribution in [2.75, 3.05) is 11.0 Å². The number of anilines is 1. The Bertz CT molecular complexity index is 495. The third-order valence-electron chi connectivity index (χ3n) is 1.32. The number of hydrogen-bond acceptors (Lipinski definition) is 5. The van der Waals surface area contributed by atoms with Gasteiger partial charge in [0.1, 0.15) is 0 Å². The first-order chi connectivity index (χ1) is 8.08. The molecule has 93 valence electrons. The molecule has 2 aromatic rings. The molecule has 2 rings (SSSR count). The molecular weight excluding hydrogens is 329 g/mol. The third kappa shape index (κ3) is 9.15. The van der Waals surface area contributed by atoms with Crippen molar-refractivity contribution in [3.63, 3.8) is 0 Å². The molecule has 0 amide bonds. The predicted octanol–water partition coefficient (Wildman–Crippen LogP) is 0.528. The van der Waals surface area contributed by atoms with Crippen molar-refractivity contribution >= 4 is 15.8 Å². The zero-order valence-corrected chi connectivity index (χ0v) is 13.3. The van der Waals surface area contributed by atoms with Gasteiger partial charge >= 0.3 is 0 Å². The zero-order chi connectivity index (χ0) is 12.6. The SMILES string of the molecule is CS(=O)(=O)Nc1[c-]cccn1.[Y].[c-]1ccnnc1. The quantitative estimate of drug-likeness (QED) is 0.807. The van der Waals surface area contributed by atoms with E-state index in [1.807, 2.05) is 0 Å². The van der Waals surface area contributed by atoms with Crippen LogP contribution in [0.1, 0.15) is 0 Å². The molecule has 1 N–H and O–H groups in total. The van der Waals surface area contributed by atoms with Crippen LogP contribution >= 0.6 is 0 Å². The molecule has 6 nitrogen and oxygen atoms in total. The average Bonchev–Trinajstić information content (AvgIpc) is 2.31. The van der Waals surface area contributed by atoms with Gasteiger partial charge in [0.2, 0.25) is 10.0 Å². The first-order valence-electron chi connectivity index (χ1n) is 4.51. The van der Waals surface area contributed by atoms with Gasteiger partial charge in [-0.25, -0.2) is 32.7 Å². The summed E-state index contributed by atoms with van der Waals surface area (Å²) in [4.78, 5) is 3.72. The molecule has 0 spiro atoms. The average molecular weight is 339 g/mol. The summed E-state index contributed by atoms with van der Waals surface area (Å²) < 4.78 is 23.4. The molecule has 0 aliphatic rings. The summed E-state index contributed by atoms with van der Waals surface area (Å²) in [6, 6.07) is 10.3. The van der Waals surface area contributed by atoms with Crippen LogP contribution in [0.3, 0.4) is 0 Å². The molecule has 2 heterocycles. The van der Waals surface area contributed by atoms with Gasteiger partial charge in [-0.05, 0) is 6.20 Å². The van der Waals surface area contributed by atoms with Crippen molar-refractivity contribution in [1.82, 2.24) is 15.2 Å². The minimum atomic E-state index is -3.22. The Morgan fingerprint density at radius 1 is 1.22 bits per heavy atom. The van der Waals surface area contributed by atoms with Gasteiger partial charge in [-0.3, -0.25) is 14.8 Å². The van der Waals surface area contributed by atoms with Crippen LogP contribution in [0.4, 0.5) is 5.82 Å². The number of sulfonamides is 1. The van der Waals surface area contributed by atoms with Crippen molar-refractivity contribution in [2.45, 2.75) is 0 Å². The van der Waals surface area contributed by atoms with Gasteiger partial charge in [-0.2, -0.15) is 11.2 Å². The van der Waals surface area contributed by atoms with E-state index in [9.17, 15) is 8.42 Å². The largest absolute Gasteiger partial charge is 0.284 e. The van der Waals surface area contributed by atoms with E-state index < -0.39 is 10.0 Å². The van der Waals surface area contributed by atoms with Crippen LogP contribution < -0.4 is 4.72 Å². The van der Waals surface area contributed by atoms with Gasteiger partial charge in [0.15, 0.2) is 0 Å². The van der Waals surface area contributed by atoms with Crippen LogP contribution in [0.5, 0.6) is 0 Å². The van der Waals surface area contributed by atoms with Crippen molar-refractivity contribution in [2.24, 2.45) is 0 Å². The minimum Gasteiger partial charge on any atom is -0.284 e. The topological polar surface area (TPSA) is 84.8 Å². The molecule has 0 saturated carbocycles. The zero-order valence-electron chi connectivity index (χ0n) is 9.61. The Labute approximate surface area is 131 Å². The van der Waals surface area contributed by atoms with Gasteiger partial charge in [0.25, 0.3) is 0 Å². The van der Waals surface area contributed by atoms with Crippen LogP contribution in [0.25, 0.3) is 0 Å². The Morgan fingerprint density at radius 3 is 2.33 bits per heavy atom. The summed E-state index contributed by atoms with van der Waals surface area (Å²) in [7, 11) is -3.22. The Hall–Kier alpha value is -0.916. The predicted molar refractivity (Wildman–Crippen MR) is 62.4 cm³/mol. The molecule has 0 atom stereocenters. The summed E-state index contributed by atoms with van der Waals surface area (Å²) in [5.74, 6) is 0.218. The molecule has 0 bridgehead atoms. The fraction of sp³-hybridized carbons (Fsp3) is 0.100. The summed E-state index contributed by atoms with van der Waals surface area (Å²) >= 11 is 0. The van der Waals surface area contributed by atoms with Gasteiger partial charge in [-0.15, -0.1) is 6.20 Å². The summed E-state index contributed by atoms with van der Waals surface area (Å²) in [6.07, 6.45) is 5.65. The van der Waals surface area contributed by atoms with Gasteiger partial charge in [0, 0.05) is 38.5 Å². The summed E-state index contributed by atoms with van der Waals surface area (Å²) in [5.41, 5.74) is 0. The number of hydrogen-bond donors (Lipinski definition) is 1. The van der Waals surface area contributed by atoms with Crippen LogP contribution in [-0.4, -0.2) is 29.9 Å². The van der Waals surface area contributed by atoms with E-state index in [0.717, 1.165) is 6.26 Å². The normalized spacial score (nSPS) is 9.39. The molecular formula is C10H10N4O2SY-2. The molecule has 0 aromatic carbocycles. The standard InChI is InChI=1S/C6H7N2O2S.C4H3N2.Y/c1-11(9,10)8-6-4-2-3-5-7-6;1-2-4-6-5-3-1;/h2-3,5H,1H3,(H,7,8);1,3-4H;/q2*-1;. The second kappa shape index (κ2) is 9.07. The van der Waals surface area contributed by atoms with E-state index in [1.54, 1.807) is 24.4 Å². The second-order valence-corrected chi connectivity index (χ2v) is 4.60. The van der Waals surface area contributed by atoms with E-state index in [0.29, 0.717) is 0 Å². The fourth-order valence-electron chi connectivity index (χ4n) is 0.781. The molecule has 18 heavy (non-hydrogen) atoms. The molecule has 0 fully saturated rings. The number of rotatable bonds is 2. The van der Waals surface area contributed by atoms with Crippen LogP contribution in [0, 0.1) is 12.1 Å². The number of nitrogens with one attached hydrogen (secondary N) is 1. The second-order valence-electron chi connectivity index (χ2n) is 2.85. The van der Waals surface area contributed by atoms with Crippen LogP contribution in [-0.2, 0) is 42.7 Å². The van der Waals surface area contributed by atoms with E-state index in [4.69, 9.17) is 0 Å². The van der Waals surface area contributed by atoms with Gasteiger partial charge in [0.05, 0.1) is 6.26 Å². The minimum absolute atomic E-state index is 0. The Morgan fingerprint density at radius 2 is 2.00 bits per heavy atom. The molecule has 2 aromatic heterocycles. The smallest absolute Gasteiger partial charge is 0.229 e. The first kappa shape index (κ1) is 17.1. The van der Waals surface area contributed by atoms with Crippen molar-refractivity contribution in [3.8, 4) is 0 Å².